The Morgan fingerprint density at radius 1 is 1.33 bits per heavy atom. The third kappa shape index (κ3) is 2.43. The number of benzene rings is 1. The van der Waals surface area contributed by atoms with Gasteiger partial charge in [-0.2, -0.15) is 0 Å². The minimum absolute atomic E-state index is 0.0487. The molecule has 1 rings (SSSR count). The summed E-state index contributed by atoms with van der Waals surface area (Å²) in [7, 11) is 1.26. The lowest BCUT2D eigenvalue weighted by molar-refractivity contribution is 0.0522. The summed E-state index contributed by atoms with van der Waals surface area (Å²) in [4.78, 5) is 11.3. The fourth-order valence-corrected chi connectivity index (χ4v) is 1.07. The Morgan fingerprint density at radius 2 is 1.93 bits per heavy atom. The zero-order chi connectivity index (χ0) is 11.4. The molecule has 0 N–H and O–H groups in total. The number of rotatable bonds is 3. The molecule has 0 saturated carbocycles. The maximum absolute atomic E-state index is 12.9. The average Bonchev–Trinajstić information content (AvgIpc) is 2.21. The molecule has 3 nitrogen and oxygen atoms in total. The van der Waals surface area contributed by atoms with E-state index in [2.05, 4.69) is 4.74 Å². The van der Waals surface area contributed by atoms with Crippen LogP contribution >= 0.6 is 0 Å². The Balaban J connectivity index is 3.15. The highest BCUT2D eigenvalue weighted by Gasteiger charge is 2.17. The van der Waals surface area contributed by atoms with Gasteiger partial charge in [0.25, 0.3) is 0 Å². The van der Waals surface area contributed by atoms with Crippen LogP contribution in [0.5, 0.6) is 5.75 Å². The van der Waals surface area contributed by atoms with Crippen molar-refractivity contribution in [3.63, 3.8) is 0 Å². The zero-order valence-electron chi connectivity index (χ0n) is 8.34. The van der Waals surface area contributed by atoms with Crippen molar-refractivity contribution in [2.45, 2.75) is 6.92 Å². The smallest absolute Gasteiger partial charge is 0.342 e. The second-order valence-corrected chi connectivity index (χ2v) is 2.69. The van der Waals surface area contributed by atoms with Gasteiger partial charge in [0.15, 0.2) is 11.6 Å². The molecule has 0 fully saturated rings. The Labute approximate surface area is 85.6 Å². The average molecular weight is 216 g/mol. The maximum atomic E-state index is 12.9. The first-order valence-corrected chi connectivity index (χ1v) is 4.30. The van der Waals surface area contributed by atoms with E-state index in [1.165, 1.54) is 7.11 Å². The van der Waals surface area contributed by atoms with Crippen molar-refractivity contribution in [2.75, 3.05) is 13.7 Å². The van der Waals surface area contributed by atoms with Crippen LogP contribution in [-0.2, 0) is 4.74 Å². The van der Waals surface area contributed by atoms with Gasteiger partial charge in [0.05, 0.1) is 13.7 Å². The van der Waals surface area contributed by atoms with Crippen LogP contribution in [0.1, 0.15) is 17.3 Å². The number of hydrogen-bond donors (Lipinski definition) is 0. The zero-order valence-corrected chi connectivity index (χ0v) is 8.34. The summed E-state index contributed by atoms with van der Waals surface area (Å²) in [5.74, 6) is -2.97. The van der Waals surface area contributed by atoms with Crippen molar-refractivity contribution in [3.05, 3.63) is 29.3 Å². The molecule has 0 atom stereocenters. The molecule has 82 valence electrons. The third-order valence-corrected chi connectivity index (χ3v) is 1.74. The van der Waals surface area contributed by atoms with Crippen molar-refractivity contribution in [1.29, 1.82) is 0 Å². The highest BCUT2D eigenvalue weighted by Crippen LogP contribution is 2.22. The molecule has 0 radical (unpaired) electrons. The highest BCUT2D eigenvalue weighted by atomic mass is 19.2. The number of carbonyl (C=O) groups is 1. The van der Waals surface area contributed by atoms with Crippen molar-refractivity contribution in [3.8, 4) is 5.75 Å². The van der Waals surface area contributed by atoms with Crippen molar-refractivity contribution < 1.29 is 23.0 Å². The largest absolute Gasteiger partial charge is 0.496 e. The summed E-state index contributed by atoms with van der Waals surface area (Å²) in [6.07, 6.45) is 0. The fraction of sp³-hybridized carbons (Fsp3) is 0.300. The van der Waals surface area contributed by atoms with Gasteiger partial charge < -0.3 is 9.47 Å². The third-order valence-electron chi connectivity index (χ3n) is 1.74. The fourth-order valence-electron chi connectivity index (χ4n) is 1.07. The number of esters is 1. The van der Waals surface area contributed by atoms with Crippen LogP contribution in [0.25, 0.3) is 0 Å². The van der Waals surface area contributed by atoms with Crippen LogP contribution in [0, 0.1) is 11.6 Å². The second kappa shape index (κ2) is 4.72. The number of hydrogen-bond acceptors (Lipinski definition) is 3. The minimum Gasteiger partial charge on any atom is -0.496 e. The van der Waals surface area contributed by atoms with Crippen LogP contribution < -0.4 is 4.74 Å². The molecule has 15 heavy (non-hydrogen) atoms. The quantitative estimate of drug-likeness (QED) is 0.726. The van der Waals surface area contributed by atoms with Gasteiger partial charge in [-0.15, -0.1) is 0 Å². The molecule has 0 spiro atoms. The molecule has 0 saturated heterocycles. The molecule has 0 aliphatic rings. The predicted molar refractivity (Wildman–Crippen MR) is 48.9 cm³/mol. The summed E-state index contributed by atoms with van der Waals surface area (Å²) in [6.45, 7) is 1.77. The summed E-state index contributed by atoms with van der Waals surface area (Å²) in [5.41, 5.74) is -0.127. The molecule has 0 unspecified atom stereocenters. The lowest BCUT2D eigenvalue weighted by atomic mass is 10.2. The van der Waals surface area contributed by atoms with Gasteiger partial charge in [0.2, 0.25) is 0 Å². The van der Waals surface area contributed by atoms with E-state index in [-0.39, 0.29) is 17.9 Å². The lowest BCUT2D eigenvalue weighted by Gasteiger charge is -2.07. The predicted octanol–water partition coefficient (Wildman–Crippen LogP) is 2.15. The van der Waals surface area contributed by atoms with Gasteiger partial charge in [0, 0.05) is 6.07 Å². The maximum Gasteiger partial charge on any atom is 0.342 e. The Morgan fingerprint density at radius 3 is 2.47 bits per heavy atom. The van der Waals surface area contributed by atoms with Gasteiger partial charge in [-0.05, 0) is 13.0 Å². The van der Waals surface area contributed by atoms with E-state index in [1.807, 2.05) is 0 Å². The molecule has 0 aromatic heterocycles. The van der Waals surface area contributed by atoms with Crippen LogP contribution in [0.3, 0.4) is 0 Å². The molecule has 0 aliphatic carbocycles. The standard InChI is InChI=1S/C10H10F2O3/c1-3-15-10(13)6-4-7(11)8(12)5-9(6)14-2/h4-5H,3H2,1-2H3. The van der Waals surface area contributed by atoms with Crippen LogP contribution in [0.15, 0.2) is 12.1 Å². The van der Waals surface area contributed by atoms with Gasteiger partial charge in [-0.3, -0.25) is 0 Å². The van der Waals surface area contributed by atoms with Crippen LogP contribution in [0.2, 0.25) is 0 Å². The minimum atomic E-state index is -1.11. The monoisotopic (exact) mass is 216 g/mol. The van der Waals surface area contributed by atoms with E-state index in [4.69, 9.17) is 4.74 Å². The van der Waals surface area contributed by atoms with E-state index in [0.29, 0.717) is 0 Å². The van der Waals surface area contributed by atoms with E-state index in [1.54, 1.807) is 6.92 Å². The van der Waals surface area contributed by atoms with Crippen molar-refractivity contribution in [1.82, 2.24) is 0 Å². The normalized spacial score (nSPS) is 9.87. The summed E-state index contributed by atoms with van der Waals surface area (Å²) in [5, 5.41) is 0. The Bertz CT molecular complexity index is 377. The lowest BCUT2D eigenvalue weighted by Crippen LogP contribution is -2.08. The molecule has 1 aromatic rings. The molecular formula is C10H10F2O3. The Hall–Kier alpha value is -1.65. The van der Waals surface area contributed by atoms with Crippen molar-refractivity contribution in [2.24, 2.45) is 0 Å². The molecule has 0 heterocycles. The van der Waals surface area contributed by atoms with E-state index < -0.39 is 17.6 Å². The van der Waals surface area contributed by atoms with Gasteiger partial charge in [-0.1, -0.05) is 0 Å². The summed E-state index contributed by atoms with van der Waals surface area (Å²) >= 11 is 0. The van der Waals surface area contributed by atoms with E-state index in [9.17, 15) is 13.6 Å². The first-order chi connectivity index (χ1) is 7.10. The first-order valence-electron chi connectivity index (χ1n) is 4.30. The van der Waals surface area contributed by atoms with Gasteiger partial charge >= 0.3 is 5.97 Å². The second-order valence-electron chi connectivity index (χ2n) is 2.69. The molecular weight excluding hydrogens is 206 g/mol. The van der Waals surface area contributed by atoms with Crippen molar-refractivity contribution >= 4 is 5.97 Å². The SMILES string of the molecule is CCOC(=O)c1cc(F)c(F)cc1OC. The van der Waals surface area contributed by atoms with E-state index >= 15 is 0 Å². The number of methoxy groups -OCH3 is 1. The molecule has 0 amide bonds. The van der Waals surface area contributed by atoms with Crippen LogP contribution in [0.4, 0.5) is 8.78 Å². The summed E-state index contributed by atoms with van der Waals surface area (Å²) < 4.78 is 35.0. The topological polar surface area (TPSA) is 35.5 Å². The van der Waals surface area contributed by atoms with E-state index in [0.717, 1.165) is 12.1 Å². The highest BCUT2D eigenvalue weighted by molar-refractivity contribution is 5.92. The number of halogens is 2. The number of carbonyl (C=O) groups excluding carboxylic acids is 1. The Kier molecular flexibility index (Phi) is 3.60. The molecule has 0 aliphatic heterocycles. The first kappa shape index (κ1) is 11.4. The number of ether oxygens (including phenoxy) is 2. The molecule has 5 heteroatoms. The molecule has 1 aromatic carbocycles. The molecule has 0 bridgehead atoms. The summed E-state index contributed by atoms with van der Waals surface area (Å²) in [6, 6.07) is 1.56. The van der Waals surface area contributed by atoms with Crippen LogP contribution in [-0.4, -0.2) is 19.7 Å². The van der Waals surface area contributed by atoms with Gasteiger partial charge in [-0.25, -0.2) is 13.6 Å². The van der Waals surface area contributed by atoms with Gasteiger partial charge in [0.1, 0.15) is 11.3 Å².